The Bertz CT molecular complexity index is 621. The van der Waals surface area contributed by atoms with Gasteiger partial charge in [-0.3, -0.25) is 4.79 Å². The number of hydrogen-bond acceptors (Lipinski definition) is 2. The van der Waals surface area contributed by atoms with Crippen LogP contribution in [0.25, 0.3) is 0 Å². The van der Waals surface area contributed by atoms with Gasteiger partial charge in [0.2, 0.25) is 5.91 Å². The van der Waals surface area contributed by atoms with Gasteiger partial charge in [0.25, 0.3) is 0 Å². The zero-order chi connectivity index (χ0) is 18.1. The summed E-state index contributed by atoms with van der Waals surface area (Å²) in [6.45, 7) is 6.14. The van der Waals surface area contributed by atoms with Gasteiger partial charge in [-0.1, -0.05) is 0 Å². The summed E-state index contributed by atoms with van der Waals surface area (Å²) in [4.78, 5) is 25.6. The second-order valence-electron chi connectivity index (χ2n) is 6.75. The van der Waals surface area contributed by atoms with Gasteiger partial charge in [-0.05, 0) is 45.0 Å². The van der Waals surface area contributed by atoms with Crippen molar-refractivity contribution in [1.82, 2.24) is 10.2 Å². The van der Waals surface area contributed by atoms with Crippen molar-refractivity contribution in [2.24, 2.45) is 0 Å². The van der Waals surface area contributed by atoms with Crippen LogP contribution in [0.3, 0.4) is 0 Å². The third-order valence-corrected chi connectivity index (χ3v) is 3.74. The highest BCUT2D eigenvalue weighted by Crippen LogP contribution is 2.29. The maximum Gasteiger partial charge on any atom is 0.416 e. The highest BCUT2D eigenvalue weighted by molar-refractivity contribution is 5.90. The molecule has 2 rings (SSSR count). The molecule has 0 aromatic heterocycles. The zero-order valence-corrected chi connectivity index (χ0v) is 13.7. The number of nitrogens with zero attached hydrogens (tertiary/aromatic N) is 1. The molecule has 1 fully saturated rings. The van der Waals surface area contributed by atoms with Crippen LogP contribution in [0, 0.1) is 0 Å². The maximum absolute atomic E-state index is 12.5. The van der Waals surface area contributed by atoms with E-state index in [1.165, 1.54) is 12.1 Å². The molecule has 0 spiro atoms. The lowest BCUT2D eigenvalue weighted by Gasteiger charge is -2.32. The number of benzene rings is 1. The Hall–Kier alpha value is -2.25. The summed E-state index contributed by atoms with van der Waals surface area (Å²) in [5.41, 5.74) is -0.856. The van der Waals surface area contributed by atoms with E-state index >= 15 is 0 Å². The van der Waals surface area contributed by atoms with Crippen LogP contribution in [0.5, 0.6) is 0 Å². The molecule has 1 aliphatic rings. The predicted octanol–water partition coefficient (Wildman–Crippen LogP) is 3.23. The minimum atomic E-state index is -4.42. The molecule has 1 saturated heterocycles. The highest BCUT2D eigenvalue weighted by Gasteiger charge is 2.36. The smallest absolute Gasteiger partial charge is 0.336 e. The number of likely N-dealkylation sites (tertiary alicyclic amines) is 1. The number of rotatable bonds is 2. The van der Waals surface area contributed by atoms with E-state index in [1.807, 2.05) is 20.8 Å². The minimum Gasteiger partial charge on any atom is -0.336 e. The second-order valence-corrected chi connectivity index (χ2v) is 6.75. The first kappa shape index (κ1) is 18.1. The van der Waals surface area contributed by atoms with Gasteiger partial charge in [0.15, 0.2) is 0 Å². The molecule has 8 heteroatoms. The van der Waals surface area contributed by atoms with Crippen LogP contribution in [-0.2, 0) is 11.0 Å². The molecule has 5 nitrogen and oxygen atoms in total. The number of carbonyl (C=O) groups is 2. The van der Waals surface area contributed by atoms with Crippen LogP contribution in [0.2, 0.25) is 0 Å². The fourth-order valence-electron chi connectivity index (χ4n) is 2.55. The van der Waals surface area contributed by atoms with Crippen molar-refractivity contribution in [3.05, 3.63) is 29.8 Å². The molecule has 3 amide bonds. The largest absolute Gasteiger partial charge is 0.416 e. The average Bonchev–Trinajstić information content (AvgIpc) is 2.79. The quantitative estimate of drug-likeness (QED) is 0.866. The Balaban J connectivity index is 1.91. The molecule has 2 N–H and O–H groups in total. The summed E-state index contributed by atoms with van der Waals surface area (Å²) < 4.78 is 37.5. The Morgan fingerprint density at radius 2 is 1.75 bits per heavy atom. The van der Waals surface area contributed by atoms with Crippen molar-refractivity contribution in [2.75, 3.05) is 11.9 Å². The van der Waals surface area contributed by atoms with E-state index in [2.05, 4.69) is 10.6 Å². The lowest BCUT2D eigenvalue weighted by atomic mass is 10.1. The molecule has 132 valence electrons. The summed E-state index contributed by atoms with van der Waals surface area (Å²) in [6.07, 6.45) is -4.21. The van der Waals surface area contributed by atoms with E-state index in [0.29, 0.717) is 6.54 Å². The number of hydrogen-bond donors (Lipinski definition) is 2. The van der Waals surface area contributed by atoms with Crippen molar-refractivity contribution >= 4 is 17.6 Å². The van der Waals surface area contributed by atoms with Gasteiger partial charge in [-0.15, -0.1) is 0 Å². The summed E-state index contributed by atoms with van der Waals surface area (Å²) in [6, 6.07) is 3.29. The van der Waals surface area contributed by atoms with Crippen molar-refractivity contribution in [3.8, 4) is 0 Å². The molecule has 1 heterocycles. The normalized spacial score (nSPS) is 18.7. The molecule has 1 aromatic rings. The first-order valence-corrected chi connectivity index (χ1v) is 7.52. The molecule has 24 heavy (non-hydrogen) atoms. The van der Waals surface area contributed by atoms with Gasteiger partial charge in [-0.2, -0.15) is 13.2 Å². The van der Waals surface area contributed by atoms with Gasteiger partial charge in [0.05, 0.1) is 11.6 Å². The molecule has 1 aliphatic heterocycles. The highest BCUT2D eigenvalue weighted by atomic mass is 19.4. The van der Waals surface area contributed by atoms with E-state index in [9.17, 15) is 22.8 Å². The van der Waals surface area contributed by atoms with Gasteiger partial charge < -0.3 is 15.5 Å². The van der Waals surface area contributed by atoms with Gasteiger partial charge in [-0.25, -0.2) is 4.79 Å². The number of amides is 3. The summed E-state index contributed by atoms with van der Waals surface area (Å²) in [5.74, 6) is -0.0395. The van der Waals surface area contributed by atoms with Crippen molar-refractivity contribution in [3.63, 3.8) is 0 Å². The number of halogens is 3. The maximum atomic E-state index is 12.5. The van der Waals surface area contributed by atoms with Gasteiger partial charge in [0, 0.05) is 24.2 Å². The van der Waals surface area contributed by atoms with E-state index in [4.69, 9.17) is 0 Å². The van der Waals surface area contributed by atoms with Crippen LogP contribution in [0.1, 0.15) is 32.8 Å². The van der Waals surface area contributed by atoms with E-state index in [1.54, 1.807) is 4.90 Å². The second kappa shape index (κ2) is 6.33. The first-order valence-electron chi connectivity index (χ1n) is 7.52. The van der Waals surface area contributed by atoms with Crippen LogP contribution in [0.15, 0.2) is 24.3 Å². The van der Waals surface area contributed by atoms with Crippen LogP contribution < -0.4 is 10.6 Å². The SMILES string of the molecule is CC(C)(C)N1CC(NC(=O)Nc2ccc(C(F)(F)F)cc2)CC1=O. The van der Waals surface area contributed by atoms with Crippen LogP contribution in [0.4, 0.5) is 23.7 Å². The van der Waals surface area contributed by atoms with Gasteiger partial charge >= 0.3 is 12.2 Å². The summed E-state index contributed by atoms with van der Waals surface area (Å²) in [7, 11) is 0. The van der Waals surface area contributed by atoms with E-state index in [-0.39, 0.29) is 29.6 Å². The van der Waals surface area contributed by atoms with Gasteiger partial charge in [0.1, 0.15) is 0 Å². The molecule has 1 unspecified atom stereocenters. The molecule has 1 atom stereocenters. The third kappa shape index (κ3) is 4.39. The Labute approximate surface area is 138 Å². The molecule has 0 saturated carbocycles. The van der Waals surface area contributed by atoms with Crippen molar-refractivity contribution in [1.29, 1.82) is 0 Å². The Kier molecular flexibility index (Phi) is 4.77. The standard InChI is InChI=1S/C16H20F3N3O2/c1-15(2,3)22-9-12(8-13(22)23)21-14(24)20-11-6-4-10(5-7-11)16(17,18)19/h4-7,12H,8-9H2,1-3H3,(H2,20,21,24). The van der Waals surface area contributed by atoms with Crippen molar-refractivity contribution in [2.45, 2.75) is 44.9 Å². The van der Waals surface area contributed by atoms with Crippen molar-refractivity contribution < 1.29 is 22.8 Å². The Morgan fingerprint density at radius 3 is 2.21 bits per heavy atom. The minimum absolute atomic E-state index is 0.0395. The molecule has 1 aromatic carbocycles. The first-order chi connectivity index (χ1) is 11.0. The lowest BCUT2D eigenvalue weighted by Crippen LogP contribution is -2.45. The third-order valence-electron chi connectivity index (χ3n) is 3.74. The average molecular weight is 343 g/mol. The van der Waals surface area contributed by atoms with Crippen LogP contribution in [-0.4, -0.2) is 35.0 Å². The fourth-order valence-corrected chi connectivity index (χ4v) is 2.55. The summed E-state index contributed by atoms with van der Waals surface area (Å²) >= 11 is 0. The summed E-state index contributed by atoms with van der Waals surface area (Å²) in [5, 5.41) is 5.14. The predicted molar refractivity (Wildman–Crippen MR) is 83.5 cm³/mol. The van der Waals surface area contributed by atoms with E-state index in [0.717, 1.165) is 12.1 Å². The van der Waals surface area contributed by atoms with Crippen LogP contribution >= 0.6 is 0 Å². The lowest BCUT2D eigenvalue weighted by molar-refractivity contribution is -0.137. The molecule has 0 aliphatic carbocycles. The number of nitrogens with one attached hydrogen (secondary N) is 2. The zero-order valence-electron chi connectivity index (χ0n) is 13.7. The molecule has 0 radical (unpaired) electrons. The monoisotopic (exact) mass is 343 g/mol. The number of alkyl halides is 3. The molecular weight excluding hydrogens is 323 g/mol. The molecular formula is C16H20F3N3O2. The molecule has 0 bridgehead atoms. The Morgan fingerprint density at radius 1 is 1.17 bits per heavy atom. The topological polar surface area (TPSA) is 61.4 Å². The number of carbonyl (C=O) groups excluding carboxylic acids is 2. The number of anilines is 1. The van der Waals surface area contributed by atoms with E-state index < -0.39 is 17.8 Å². The number of urea groups is 1. The fraction of sp³-hybridized carbons (Fsp3) is 0.500.